The van der Waals surface area contributed by atoms with Crippen LogP contribution in [0, 0.1) is 13.8 Å². The van der Waals surface area contributed by atoms with E-state index in [1.54, 1.807) is 7.11 Å². The number of ether oxygens (including phenoxy) is 1. The third kappa shape index (κ3) is 2.34. The maximum absolute atomic E-state index is 12.3. The molecule has 0 spiro atoms. The monoisotopic (exact) mass is 233 g/mol. The lowest BCUT2D eigenvalue weighted by Crippen LogP contribution is -2.31. The second-order valence-electron chi connectivity index (χ2n) is 4.65. The van der Waals surface area contributed by atoms with E-state index in [2.05, 4.69) is 5.32 Å². The molecule has 3 heteroatoms. The van der Waals surface area contributed by atoms with Gasteiger partial charge in [0.1, 0.15) is 5.75 Å². The van der Waals surface area contributed by atoms with Gasteiger partial charge in [-0.1, -0.05) is 0 Å². The molecule has 0 saturated carbocycles. The quantitative estimate of drug-likeness (QED) is 0.814. The van der Waals surface area contributed by atoms with E-state index >= 15 is 0 Å². The Bertz CT molecular complexity index is 434. The van der Waals surface area contributed by atoms with Crippen LogP contribution in [-0.2, 0) is 0 Å². The fourth-order valence-electron chi connectivity index (χ4n) is 2.25. The first-order valence-electron chi connectivity index (χ1n) is 6.06. The van der Waals surface area contributed by atoms with Crippen LogP contribution in [0.25, 0.3) is 0 Å². The standard InChI is InChI=1S/C14H19NO2/c1-9-7-11(13(17-3)8-10(9)2)14(16)12-5-4-6-15-12/h7-8,12,15H,4-6H2,1-3H3. The van der Waals surface area contributed by atoms with Crippen LogP contribution in [0.3, 0.4) is 0 Å². The molecule has 1 saturated heterocycles. The molecule has 92 valence electrons. The Labute approximate surface area is 102 Å². The molecule has 0 aromatic heterocycles. The maximum atomic E-state index is 12.3. The number of rotatable bonds is 3. The van der Waals surface area contributed by atoms with Crippen LogP contribution in [0.4, 0.5) is 0 Å². The largest absolute Gasteiger partial charge is 0.496 e. The predicted octanol–water partition coefficient (Wildman–Crippen LogP) is 2.25. The van der Waals surface area contributed by atoms with Gasteiger partial charge in [-0.2, -0.15) is 0 Å². The van der Waals surface area contributed by atoms with Gasteiger partial charge in [-0.3, -0.25) is 4.79 Å². The summed E-state index contributed by atoms with van der Waals surface area (Å²) in [5, 5.41) is 3.24. The topological polar surface area (TPSA) is 38.3 Å². The average Bonchev–Trinajstić information content (AvgIpc) is 2.84. The molecule has 0 amide bonds. The minimum Gasteiger partial charge on any atom is -0.496 e. The summed E-state index contributed by atoms with van der Waals surface area (Å²) in [5.41, 5.74) is 2.99. The van der Waals surface area contributed by atoms with Crippen LogP contribution >= 0.6 is 0 Å². The zero-order valence-corrected chi connectivity index (χ0v) is 10.7. The number of methoxy groups -OCH3 is 1. The van der Waals surface area contributed by atoms with Gasteiger partial charge in [0.15, 0.2) is 5.78 Å². The molecule has 17 heavy (non-hydrogen) atoms. The summed E-state index contributed by atoms with van der Waals surface area (Å²) in [6.45, 7) is 4.98. The molecule has 1 aromatic rings. The van der Waals surface area contributed by atoms with Gasteiger partial charge in [0, 0.05) is 0 Å². The lowest BCUT2D eigenvalue weighted by atomic mass is 9.97. The number of benzene rings is 1. The molecule has 1 N–H and O–H groups in total. The van der Waals surface area contributed by atoms with E-state index in [9.17, 15) is 4.79 Å². The van der Waals surface area contributed by atoms with Crippen molar-refractivity contribution in [2.24, 2.45) is 0 Å². The summed E-state index contributed by atoms with van der Waals surface area (Å²) in [4.78, 5) is 12.3. The fraction of sp³-hybridized carbons (Fsp3) is 0.500. The van der Waals surface area contributed by atoms with E-state index in [-0.39, 0.29) is 11.8 Å². The minimum absolute atomic E-state index is 0.0361. The van der Waals surface area contributed by atoms with Crippen molar-refractivity contribution in [1.29, 1.82) is 0 Å². The number of nitrogens with one attached hydrogen (secondary N) is 1. The molecule has 1 unspecified atom stereocenters. The van der Waals surface area contributed by atoms with E-state index in [1.165, 1.54) is 0 Å². The molecule has 1 heterocycles. The third-order valence-corrected chi connectivity index (χ3v) is 3.46. The van der Waals surface area contributed by atoms with Crippen molar-refractivity contribution in [1.82, 2.24) is 5.32 Å². The van der Waals surface area contributed by atoms with Crippen LogP contribution in [0.1, 0.15) is 34.3 Å². The first-order valence-corrected chi connectivity index (χ1v) is 6.06. The minimum atomic E-state index is -0.0361. The molecule has 3 nitrogen and oxygen atoms in total. The van der Waals surface area contributed by atoms with Crippen LogP contribution in [0.15, 0.2) is 12.1 Å². The average molecular weight is 233 g/mol. The maximum Gasteiger partial charge on any atom is 0.183 e. The van der Waals surface area contributed by atoms with Crippen molar-refractivity contribution in [3.05, 3.63) is 28.8 Å². The second-order valence-corrected chi connectivity index (χ2v) is 4.65. The molecule has 1 aliphatic heterocycles. The van der Waals surface area contributed by atoms with Gasteiger partial charge < -0.3 is 10.1 Å². The Morgan fingerprint density at radius 3 is 2.65 bits per heavy atom. The van der Waals surface area contributed by atoms with Gasteiger partial charge in [0.05, 0.1) is 18.7 Å². The summed E-state index contributed by atoms with van der Waals surface area (Å²) in [7, 11) is 1.61. The summed E-state index contributed by atoms with van der Waals surface area (Å²) in [6, 6.07) is 3.85. The van der Waals surface area contributed by atoms with Crippen LogP contribution in [0.2, 0.25) is 0 Å². The number of hydrogen-bond acceptors (Lipinski definition) is 3. The molecule has 0 bridgehead atoms. The van der Waals surface area contributed by atoms with E-state index < -0.39 is 0 Å². The Hall–Kier alpha value is -1.35. The zero-order chi connectivity index (χ0) is 12.4. The summed E-state index contributed by atoms with van der Waals surface area (Å²) < 4.78 is 5.31. The van der Waals surface area contributed by atoms with Crippen LogP contribution < -0.4 is 10.1 Å². The normalized spacial score (nSPS) is 19.4. The SMILES string of the molecule is COc1cc(C)c(C)cc1C(=O)C1CCCN1. The Morgan fingerprint density at radius 2 is 2.06 bits per heavy atom. The number of hydrogen-bond donors (Lipinski definition) is 1. The molecule has 1 aliphatic rings. The first-order chi connectivity index (χ1) is 8.13. The summed E-state index contributed by atoms with van der Waals surface area (Å²) in [6.07, 6.45) is 2.00. The van der Waals surface area contributed by atoms with Crippen molar-refractivity contribution < 1.29 is 9.53 Å². The van der Waals surface area contributed by atoms with E-state index in [0.717, 1.165) is 30.5 Å². The number of carbonyl (C=O) groups is 1. The van der Waals surface area contributed by atoms with Gasteiger partial charge in [-0.05, 0) is 56.5 Å². The highest BCUT2D eigenvalue weighted by Crippen LogP contribution is 2.25. The number of Topliss-reactive ketones (excluding diaryl/α,β-unsaturated/α-hetero) is 1. The van der Waals surface area contributed by atoms with E-state index in [1.807, 2.05) is 26.0 Å². The van der Waals surface area contributed by atoms with Crippen molar-refractivity contribution in [3.63, 3.8) is 0 Å². The van der Waals surface area contributed by atoms with E-state index in [4.69, 9.17) is 4.74 Å². The second kappa shape index (κ2) is 4.88. The highest BCUT2D eigenvalue weighted by atomic mass is 16.5. The van der Waals surface area contributed by atoms with Gasteiger partial charge >= 0.3 is 0 Å². The van der Waals surface area contributed by atoms with Crippen molar-refractivity contribution >= 4 is 5.78 Å². The van der Waals surface area contributed by atoms with Crippen molar-refractivity contribution in [3.8, 4) is 5.75 Å². The number of carbonyl (C=O) groups excluding carboxylic acids is 1. The van der Waals surface area contributed by atoms with Crippen molar-refractivity contribution in [2.75, 3.05) is 13.7 Å². The zero-order valence-electron chi connectivity index (χ0n) is 10.7. The van der Waals surface area contributed by atoms with Gasteiger partial charge in [-0.25, -0.2) is 0 Å². The Morgan fingerprint density at radius 1 is 1.35 bits per heavy atom. The Kier molecular flexibility index (Phi) is 3.48. The fourth-order valence-corrected chi connectivity index (χ4v) is 2.25. The first kappa shape index (κ1) is 12.1. The molecular formula is C14H19NO2. The number of aryl methyl sites for hydroxylation is 2. The third-order valence-electron chi connectivity index (χ3n) is 3.46. The van der Waals surface area contributed by atoms with Gasteiger partial charge in [0.2, 0.25) is 0 Å². The van der Waals surface area contributed by atoms with Crippen molar-refractivity contribution in [2.45, 2.75) is 32.7 Å². The molecular weight excluding hydrogens is 214 g/mol. The molecule has 0 radical (unpaired) electrons. The lowest BCUT2D eigenvalue weighted by molar-refractivity contribution is 0.0949. The summed E-state index contributed by atoms with van der Waals surface area (Å²) in [5.74, 6) is 0.842. The molecule has 1 atom stereocenters. The lowest BCUT2D eigenvalue weighted by Gasteiger charge is -2.14. The van der Waals surface area contributed by atoms with Gasteiger partial charge in [0.25, 0.3) is 0 Å². The highest BCUT2D eigenvalue weighted by Gasteiger charge is 2.25. The molecule has 1 aromatic carbocycles. The molecule has 2 rings (SSSR count). The smallest absolute Gasteiger partial charge is 0.183 e. The Balaban J connectivity index is 2.36. The summed E-state index contributed by atoms with van der Waals surface area (Å²) >= 11 is 0. The highest BCUT2D eigenvalue weighted by molar-refractivity contribution is 6.02. The van der Waals surface area contributed by atoms with Crippen LogP contribution in [0.5, 0.6) is 5.75 Å². The predicted molar refractivity (Wildman–Crippen MR) is 67.8 cm³/mol. The van der Waals surface area contributed by atoms with E-state index in [0.29, 0.717) is 11.3 Å². The molecule has 0 aliphatic carbocycles. The van der Waals surface area contributed by atoms with Crippen LogP contribution in [-0.4, -0.2) is 25.5 Å². The number of ketones is 1. The molecule has 1 fully saturated rings. The van der Waals surface area contributed by atoms with Gasteiger partial charge in [-0.15, -0.1) is 0 Å².